The van der Waals surface area contributed by atoms with Crippen molar-refractivity contribution in [2.24, 2.45) is 0 Å². The number of rotatable bonds is 7. The van der Waals surface area contributed by atoms with Crippen LogP contribution in [0.2, 0.25) is 0 Å². The van der Waals surface area contributed by atoms with Gasteiger partial charge in [0.15, 0.2) is 8.03 Å². The third kappa shape index (κ3) is 12.6. The number of likely N-dealkylation sites (N-methyl/N-ethyl adjacent to an activating group) is 1. The Kier molecular flexibility index (Phi) is 10.6. The van der Waals surface area contributed by atoms with E-state index in [9.17, 15) is 4.57 Å². The van der Waals surface area contributed by atoms with Crippen molar-refractivity contribution in [2.75, 3.05) is 47.1 Å². The van der Waals surface area contributed by atoms with E-state index in [1.807, 2.05) is 21.1 Å². The monoisotopic (exact) mass is 290 g/mol. The van der Waals surface area contributed by atoms with Crippen molar-refractivity contribution in [3.05, 3.63) is 0 Å². The van der Waals surface area contributed by atoms with Crippen LogP contribution >= 0.6 is 8.03 Å². The molecular weight excluding hydrogens is 270 g/mol. The molecule has 0 radical (unpaired) electrons. The maximum atomic E-state index is 11.2. The summed E-state index contributed by atoms with van der Waals surface area (Å²) >= 11 is 0. The molecule has 0 amide bonds. The van der Waals surface area contributed by atoms with E-state index in [0.29, 0.717) is 6.61 Å². The quantitative estimate of drug-likeness (QED) is 0.378. The van der Waals surface area contributed by atoms with Gasteiger partial charge in [-0.15, -0.1) is 0 Å². The Labute approximate surface area is 105 Å². The minimum absolute atomic E-state index is 0. The molecule has 0 aromatic carbocycles. The van der Waals surface area contributed by atoms with Gasteiger partial charge >= 0.3 is 19.5 Å². The second kappa shape index (κ2) is 8.80. The molecule has 0 aliphatic rings. The van der Waals surface area contributed by atoms with E-state index in [0.717, 1.165) is 11.0 Å². The minimum atomic E-state index is -2.19. The van der Waals surface area contributed by atoms with E-state index >= 15 is 0 Å². The zero-order valence-corrected chi connectivity index (χ0v) is 13.7. The molecule has 86 valence electrons. The predicted octanol–water partition coefficient (Wildman–Crippen LogP) is -0.465. The maximum Gasteiger partial charge on any atom is 2.00 e. The number of hydrogen-bond acceptors (Lipinski definition) is 4. The number of aliphatic hydroxyl groups excluding tert-OH is 2. The second-order valence-electron chi connectivity index (χ2n) is 4.27. The Morgan fingerprint density at radius 2 is 1.93 bits per heavy atom. The Morgan fingerprint density at radius 3 is 2.33 bits per heavy atom. The van der Waals surface area contributed by atoms with Gasteiger partial charge in [-0.25, -0.2) is 0 Å². The first-order chi connectivity index (χ1) is 6.35. The second-order valence-corrected chi connectivity index (χ2v) is 5.72. The fraction of sp³-hybridized carbons (Fsp3) is 1.00. The van der Waals surface area contributed by atoms with Crippen LogP contribution in [0.4, 0.5) is 0 Å². The van der Waals surface area contributed by atoms with Crippen molar-refractivity contribution in [2.45, 2.75) is 6.10 Å². The molecule has 15 heavy (non-hydrogen) atoms. The van der Waals surface area contributed by atoms with Crippen LogP contribution in [0.15, 0.2) is 0 Å². The minimum Gasteiger partial charge on any atom is -0.394 e. The van der Waals surface area contributed by atoms with Crippen molar-refractivity contribution in [3.8, 4) is 0 Å². The van der Waals surface area contributed by atoms with Crippen molar-refractivity contribution >= 4 is 8.03 Å². The average molecular weight is 292 g/mol. The molecule has 0 aliphatic carbocycles. The van der Waals surface area contributed by atoms with Crippen LogP contribution in [0.25, 0.3) is 0 Å². The summed E-state index contributed by atoms with van der Waals surface area (Å²) in [4.78, 5) is 0. The molecule has 0 spiro atoms. The number of quaternary nitrogens is 1. The van der Waals surface area contributed by atoms with E-state index in [2.05, 4.69) is 0 Å². The first-order valence-electron chi connectivity index (χ1n) is 4.60. The molecule has 2 N–H and O–H groups in total. The fourth-order valence-electron chi connectivity index (χ4n) is 0.749. The van der Waals surface area contributed by atoms with Gasteiger partial charge in [-0.05, 0) is 0 Å². The van der Waals surface area contributed by atoms with Gasteiger partial charge in [-0.1, -0.05) is 0 Å². The zero-order chi connectivity index (χ0) is 11.2. The predicted molar refractivity (Wildman–Crippen MR) is 55.8 cm³/mol. The van der Waals surface area contributed by atoms with Gasteiger partial charge in [0.2, 0.25) is 0 Å². The molecule has 0 aliphatic heterocycles. The van der Waals surface area contributed by atoms with Gasteiger partial charge in [0.25, 0.3) is 0 Å². The van der Waals surface area contributed by atoms with Crippen LogP contribution < -0.4 is 0 Å². The van der Waals surface area contributed by atoms with Crippen molar-refractivity contribution in [3.63, 3.8) is 0 Å². The Hall–Kier alpha value is 0.693. The summed E-state index contributed by atoms with van der Waals surface area (Å²) in [5.41, 5.74) is 0. The normalized spacial score (nSPS) is 15.5. The Bertz CT molecular complexity index is 186. The van der Waals surface area contributed by atoms with Gasteiger partial charge in [0, 0.05) is 0 Å². The van der Waals surface area contributed by atoms with Gasteiger partial charge in [-0.3, -0.25) is 4.57 Å². The largest absolute Gasteiger partial charge is 2.00 e. The van der Waals surface area contributed by atoms with Crippen LogP contribution in [0.3, 0.4) is 0 Å². The van der Waals surface area contributed by atoms with Crippen LogP contribution in [0, 0.1) is 0 Å². The first-order valence-corrected chi connectivity index (χ1v) is 6.12. The number of nitrogens with zero attached hydrogens (tertiary/aromatic N) is 1. The van der Waals surface area contributed by atoms with E-state index in [-0.39, 0.29) is 32.2 Å². The molecular formula is C8H21NO4PZn+3. The summed E-state index contributed by atoms with van der Waals surface area (Å²) in [6, 6.07) is 0. The number of aliphatic hydroxyl groups is 2. The Balaban J connectivity index is 0. The standard InChI is InChI=1S/C8H21NO4P.Zn/c1-9(2,3)4-5-13-14(12)7-8(11)6-10;/h8,10-11,14H,4-7H2,1-3H3;/q+1;+2. The summed E-state index contributed by atoms with van der Waals surface area (Å²) in [5.74, 6) is 0. The van der Waals surface area contributed by atoms with Crippen molar-refractivity contribution < 1.29 is 43.3 Å². The van der Waals surface area contributed by atoms with Gasteiger partial charge in [-0.2, -0.15) is 0 Å². The molecule has 0 fully saturated rings. The van der Waals surface area contributed by atoms with E-state index in [4.69, 9.17) is 14.7 Å². The topological polar surface area (TPSA) is 66.8 Å². The third-order valence-corrected chi connectivity index (χ3v) is 2.97. The molecule has 5 nitrogen and oxygen atoms in total. The van der Waals surface area contributed by atoms with Crippen LogP contribution in [-0.4, -0.2) is 67.9 Å². The molecule has 0 saturated carbocycles. The van der Waals surface area contributed by atoms with Crippen molar-refractivity contribution in [1.29, 1.82) is 0 Å². The molecule has 0 aromatic rings. The molecule has 0 heterocycles. The average Bonchev–Trinajstić information content (AvgIpc) is 2.01. The molecule has 0 rings (SSSR count). The molecule has 2 atom stereocenters. The maximum absolute atomic E-state index is 11.2. The van der Waals surface area contributed by atoms with Crippen LogP contribution in [0.5, 0.6) is 0 Å². The SMILES string of the molecule is C[N+](C)(C)CCO[PH](=O)CC(O)CO.[Zn+2]. The van der Waals surface area contributed by atoms with Gasteiger partial charge < -0.3 is 19.2 Å². The summed E-state index contributed by atoms with van der Waals surface area (Å²) in [6.07, 6.45) is -0.885. The first kappa shape index (κ1) is 18.1. The van der Waals surface area contributed by atoms with Gasteiger partial charge in [0.1, 0.15) is 13.2 Å². The van der Waals surface area contributed by atoms with Crippen molar-refractivity contribution in [1.82, 2.24) is 0 Å². The third-order valence-electron chi connectivity index (χ3n) is 1.64. The fourth-order valence-corrected chi connectivity index (χ4v) is 1.70. The molecule has 7 heteroatoms. The zero-order valence-electron chi connectivity index (χ0n) is 9.77. The number of hydrogen-bond donors (Lipinski definition) is 2. The summed E-state index contributed by atoms with van der Waals surface area (Å²) < 4.78 is 17.0. The molecule has 0 aromatic heterocycles. The summed E-state index contributed by atoms with van der Waals surface area (Å²) in [5, 5.41) is 17.5. The van der Waals surface area contributed by atoms with Crippen LogP contribution in [0.1, 0.15) is 0 Å². The van der Waals surface area contributed by atoms with E-state index < -0.39 is 14.1 Å². The summed E-state index contributed by atoms with van der Waals surface area (Å²) in [6.45, 7) is 0.820. The summed E-state index contributed by atoms with van der Waals surface area (Å²) in [7, 11) is 3.86. The molecule has 0 bridgehead atoms. The molecule has 2 unspecified atom stereocenters. The smallest absolute Gasteiger partial charge is 0.394 e. The van der Waals surface area contributed by atoms with Gasteiger partial charge in [0.05, 0.1) is 40.0 Å². The van der Waals surface area contributed by atoms with Crippen LogP contribution in [-0.2, 0) is 28.6 Å². The van der Waals surface area contributed by atoms with E-state index in [1.54, 1.807) is 0 Å². The molecule has 0 saturated heterocycles. The Morgan fingerprint density at radius 1 is 1.40 bits per heavy atom. The van der Waals surface area contributed by atoms with E-state index in [1.165, 1.54) is 0 Å².